The van der Waals surface area contributed by atoms with Gasteiger partial charge >= 0.3 is 0 Å². The molecule has 0 bridgehead atoms. The van der Waals surface area contributed by atoms with Gasteiger partial charge in [-0.15, -0.1) is 0 Å². The molecule has 5 nitrogen and oxygen atoms in total. The first-order chi connectivity index (χ1) is 9.62. The molecule has 108 valence electrons. The van der Waals surface area contributed by atoms with Gasteiger partial charge in [0.25, 0.3) is 5.91 Å². The van der Waals surface area contributed by atoms with Crippen molar-refractivity contribution >= 4 is 11.6 Å². The number of methoxy groups -OCH3 is 1. The monoisotopic (exact) mass is 275 g/mol. The van der Waals surface area contributed by atoms with E-state index in [1.54, 1.807) is 11.5 Å². The maximum Gasteiger partial charge on any atom is 0.270 e. The quantitative estimate of drug-likeness (QED) is 0.911. The number of nitrogens with one attached hydrogen (secondary N) is 1. The summed E-state index contributed by atoms with van der Waals surface area (Å²) in [5, 5.41) is 3.00. The SMILES string of the molecule is CCc1nc2c(OC)cccn2c1C(=O)NC(C)CC. The van der Waals surface area contributed by atoms with Crippen molar-refractivity contribution in [2.24, 2.45) is 0 Å². The summed E-state index contributed by atoms with van der Waals surface area (Å²) >= 11 is 0. The Morgan fingerprint density at radius 2 is 2.25 bits per heavy atom. The number of hydrogen-bond acceptors (Lipinski definition) is 3. The Labute approximate surface area is 119 Å². The summed E-state index contributed by atoms with van der Waals surface area (Å²) in [5.41, 5.74) is 2.07. The topological polar surface area (TPSA) is 55.6 Å². The van der Waals surface area contributed by atoms with Crippen molar-refractivity contribution in [1.82, 2.24) is 14.7 Å². The summed E-state index contributed by atoms with van der Waals surface area (Å²) < 4.78 is 7.11. The Balaban J connectivity index is 2.53. The van der Waals surface area contributed by atoms with E-state index in [2.05, 4.69) is 10.3 Å². The number of pyridine rings is 1. The molecule has 2 aromatic heterocycles. The van der Waals surface area contributed by atoms with Gasteiger partial charge in [-0.05, 0) is 31.9 Å². The number of imidazole rings is 1. The molecule has 1 atom stereocenters. The molecule has 20 heavy (non-hydrogen) atoms. The van der Waals surface area contributed by atoms with Crippen LogP contribution in [0, 0.1) is 0 Å². The van der Waals surface area contributed by atoms with Crippen LogP contribution in [0.5, 0.6) is 5.75 Å². The van der Waals surface area contributed by atoms with E-state index in [4.69, 9.17) is 4.74 Å². The zero-order chi connectivity index (χ0) is 14.7. The second-order valence-electron chi connectivity index (χ2n) is 4.81. The minimum atomic E-state index is -0.0862. The average Bonchev–Trinajstić information content (AvgIpc) is 2.85. The Bertz CT molecular complexity index is 619. The predicted molar refractivity (Wildman–Crippen MR) is 78.3 cm³/mol. The molecule has 1 unspecified atom stereocenters. The lowest BCUT2D eigenvalue weighted by atomic mass is 10.2. The van der Waals surface area contributed by atoms with Gasteiger partial charge in [0.1, 0.15) is 5.69 Å². The zero-order valence-corrected chi connectivity index (χ0v) is 12.4. The Hall–Kier alpha value is -2.04. The van der Waals surface area contributed by atoms with Crippen molar-refractivity contribution in [3.05, 3.63) is 29.7 Å². The first-order valence-corrected chi connectivity index (χ1v) is 6.97. The highest BCUT2D eigenvalue weighted by Crippen LogP contribution is 2.22. The molecule has 0 spiro atoms. The molecule has 0 aromatic carbocycles. The molecule has 1 amide bonds. The summed E-state index contributed by atoms with van der Waals surface area (Å²) in [6, 6.07) is 3.84. The fourth-order valence-corrected chi connectivity index (χ4v) is 2.13. The van der Waals surface area contributed by atoms with Crippen molar-refractivity contribution in [1.29, 1.82) is 0 Å². The van der Waals surface area contributed by atoms with Crippen molar-refractivity contribution in [2.45, 2.75) is 39.7 Å². The Morgan fingerprint density at radius 3 is 2.85 bits per heavy atom. The lowest BCUT2D eigenvalue weighted by molar-refractivity contribution is 0.0932. The van der Waals surface area contributed by atoms with Gasteiger partial charge in [-0.3, -0.25) is 9.20 Å². The van der Waals surface area contributed by atoms with Gasteiger partial charge < -0.3 is 10.1 Å². The molecule has 0 saturated carbocycles. The van der Waals surface area contributed by atoms with Gasteiger partial charge in [-0.1, -0.05) is 13.8 Å². The Kier molecular flexibility index (Phi) is 4.27. The maximum absolute atomic E-state index is 12.5. The van der Waals surface area contributed by atoms with Crippen LogP contribution in [0.25, 0.3) is 5.65 Å². The van der Waals surface area contributed by atoms with Crippen LogP contribution in [0.1, 0.15) is 43.4 Å². The van der Waals surface area contributed by atoms with Crippen molar-refractivity contribution < 1.29 is 9.53 Å². The first-order valence-electron chi connectivity index (χ1n) is 6.97. The number of aromatic nitrogens is 2. The number of carbonyl (C=O) groups is 1. The third kappa shape index (κ3) is 2.48. The van der Waals surface area contributed by atoms with Crippen LogP contribution in [0.3, 0.4) is 0 Å². The van der Waals surface area contributed by atoms with E-state index < -0.39 is 0 Å². The van der Waals surface area contributed by atoms with Crippen molar-refractivity contribution in [3.63, 3.8) is 0 Å². The van der Waals surface area contributed by atoms with E-state index in [9.17, 15) is 4.79 Å². The molecule has 0 aliphatic rings. The van der Waals surface area contributed by atoms with E-state index in [1.165, 1.54) is 0 Å². The molecule has 0 radical (unpaired) electrons. The smallest absolute Gasteiger partial charge is 0.270 e. The van der Waals surface area contributed by atoms with Gasteiger partial charge in [-0.25, -0.2) is 4.98 Å². The van der Waals surface area contributed by atoms with Crippen LogP contribution >= 0.6 is 0 Å². The summed E-state index contributed by atoms with van der Waals surface area (Å²) in [6.07, 6.45) is 3.44. The maximum atomic E-state index is 12.5. The van der Waals surface area contributed by atoms with Crippen LogP contribution < -0.4 is 10.1 Å². The lowest BCUT2D eigenvalue weighted by Gasteiger charge is -2.12. The number of fused-ring (bicyclic) bond motifs is 1. The molecule has 2 aromatic rings. The van der Waals surface area contributed by atoms with Crippen LogP contribution in [0.4, 0.5) is 0 Å². The van der Waals surface area contributed by atoms with Gasteiger partial charge in [-0.2, -0.15) is 0 Å². The molecular weight excluding hydrogens is 254 g/mol. The van der Waals surface area contributed by atoms with Crippen LogP contribution in [-0.2, 0) is 6.42 Å². The number of carbonyl (C=O) groups excluding carboxylic acids is 1. The molecule has 2 heterocycles. The highest BCUT2D eigenvalue weighted by Gasteiger charge is 2.20. The number of rotatable bonds is 5. The van der Waals surface area contributed by atoms with Gasteiger partial charge in [0.15, 0.2) is 11.4 Å². The van der Waals surface area contributed by atoms with Crippen LogP contribution in [-0.4, -0.2) is 28.4 Å². The molecule has 2 rings (SSSR count). The molecule has 0 fully saturated rings. The van der Waals surface area contributed by atoms with Crippen molar-refractivity contribution in [3.8, 4) is 5.75 Å². The average molecular weight is 275 g/mol. The fraction of sp³-hybridized carbons (Fsp3) is 0.467. The largest absolute Gasteiger partial charge is 0.493 e. The highest BCUT2D eigenvalue weighted by atomic mass is 16.5. The fourth-order valence-electron chi connectivity index (χ4n) is 2.13. The van der Waals surface area contributed by atoms with Gasteiger partial charge in [0.2, 0.25) is 0 Å². The minimum Gasteiger partial charge on any atom is -0.493 e. The van der Waals surface area contributed by atoms with E-state index in [0.29, 0.717) is 23.5 Å². The van der Waals surface area contributed by atoms with E-state index in [0.717, 1.165) is 12.1 Å². The third-order valence-corrected chi connectivity index (χ3v) is 3.45. The second kappa shape index (κ2) is 5.94. The van der Waals surface area contributed by atoms with E-state index in [-0.39, 0.29) is 11.9 Å². The molecule has 0 aliphatic heterocycles. The normalized spacial score (nSPS) is 12.4. The second-order valence-corrected chi connectivity index (χ2v) is 4.81. The van der Waals surface area contributed by atoms with E-state index in [1.807, 2.05) is 39.1 Å². The third-order valence-electron chi connectivity index (χ3n) is 3.45. The zero-order valence-electron chi connectivity index (χ0n) is 12.4. The number of nitrogens with zero attached hydrogens (tertiary/aromatic N) is 2. The van der Waals surface area contributed by atoms with Crippen molar-refractivity contribution in [2.75, 3.05) is 7.11 Å². The number of amides is 1. The summed E-state index contributed by atoms with van der Waals surface area (Å²) in [4.78, 5) is 17.0. The minimum absolute atomic E-state index is 0.0862. The van der Waals surface area contributed by atoms with Gasteiger partial charge in [0, 0.05) is 12.2 Å². The van der Waals surface area contributed by atoms with Crippen LogP contribution in [0.2, 0.25) is 0 Å². The number of ether oxygens (including phenoxy) is 1. The van der Waals surface area contributed by atoms with Gasteiger partial charge in [0.05, 0.1) is 12.8 Å². The Morgan fingerprint density at radius 1 is 1.50 bits per heavy atom. The summed E-state index contributed by atoms with van der Waals surface area (Å²) in [7, 11) is 1.61. The molecular formula is C15H21N3O2. The molecule has 5 heteroatoms. The van der Waals surface area contributed by atoms with Crippen LogP contribution in [0.15, 0.2) is 18.3 Å². The lowest BCUT2D eigenvalue weighted by Crippen LogP contribution is -2.33. The van der Waals surface area contributed by atoms with E-state index >= 15 is 0 Å². The molecule has 0 saturated heterocycles. The molecule has 1 N–H and O–H groups in total. The summed E-state index contributed by atoms with van der Waals surface area (Å²) in [6.45, 7) is 6.03. The number of hydrogen-bond donors (Lipinski definition) is 1. The predicted octanol–water partition coefficient (Wildman–Crippen LogP) is 2.43. The number of aryl methyl sites for hydroxylation is 1. The molecule has 0 aliphatic carbocycles. The first kappa shape index (κ1) is 14.4. The summed E-state index contributed by atoms with van der Waals surface area (Å²) in [5.74, 6) is 0.585. The highest BCUT2D eigenvalue weighted by molar-refractivity contribution is 5.95. The standard InChI is InChI=1S/C15H21N3O2/c1-5-10(3)16-15(19)13-11(6-2)17-14-12(20-4)8-7-9-18(13)14/h7-10H,5-6H2,1-4H3,(H,16,19).